The Bertz CT molecular complexity index is 776. The van der Waals surface area contributed by atoms with Gasteiger partial charge in [0.1, 0.15) is 5.82 Å². The summed E-state index contributed by atoms with van der Waals surface area (Å²) in [4.78, 5) is 24.3. The number of aromatic nitrogens is 2. The zero-order chi connectivity index (χ0) is 17.8. The molecular formula is C19H23N3O3. The number of rotatable bonds is 5. The fourth-order valence-electron chi connectivity index (χ4n) is 3.20. The highest BCUT2D eigenvalue weighted by molar-refractivity contribution is 5.95. The SMILES string of the molecule is Cc1ccc(C)c(C(=O)OCC(=O)Nc2ccnn2C2CCCC2)c1. The molecule has 6 nitrogen and oxygen atoms in total. The van der Waals surface area contributed by atoms with Crippen LogP contribution in [0.2, 0.25) is 0 Å². The van der Waals surface area contributed by atoms with Gasteiger partial charge < -0.3 is 10.1 Å². The number of ether oxygens (including phenoxy) is 1. The Labute approximate surface area is 147 Å². The van der Waals surface area contributed by atoms with E-state index in [0.717, 1.165) is 24.0 Å². The Morgan fingerprint density at radius 3 is 2.76 bits per heavy atom. The number of benzene rings is 1. The molecule has 1 amide bonds. The molecule has 1 aliphatic carbocycles. The van der Waals surface area contributed by atoms with Gasteiger partial charge >= 0.3 is 5.97 Å². The summed E-state index contributed by atoms with van der Waals surface area (Å²) in [5.74, 6) is -0.196. The maximum Gasteiger partial charge on any atom is 0.338 e. The summed E-state index contributed by atoms with van der Waals surface area (Å²) in [6, 6.07) is 7.67. The molecule has 0 aliphatic heterocycles. The zero-order valence-electron chi connectivity index (χ0n) is 14.6. The van der Waals surface area contributed by atoms with E-state index in [4.69, 9.17) is 4.74 Å². The quantitative estimate of drug-likeness (QED) is 0.846. The minimum atomic E-state index is -0.486. The van der Waals surface area contributed by atoms with Crippen molar-refractivity contribution >= 4 is 17.7 Å². The van der Waals surface area contributed by atoms with E-state index in [9.17, 15) is 9.59 Å². The Balaban J connectivity index is 1.57. The van der Waals surface area contributed by atoms with Crippen LogP contribution in [0.4, 0.5) is 5.82 Å². The third-order valence-corrected chi connectivity index (χ3v) is 4.56. The van der Waals surface area contributed by atoms with Crippen LogP contribution >= 0.6 is 0 Å². The fraction of sp³-hybridized carbons (Fsp3) is 0.421. The maximum atomic E-state index is 12.2. The van der Waals surface area contributed by atoms with Crippen LogP contribution in [-0.2, 0) is 9.53 Å². The standard InChI is InChI=1S/C19H23N3O3/c1-13-7-8-14(2)16(11-13)19(24)25-12-18(23)21-17-9-10-20-22(17)15-5-3-4-6-15/h7-11,15H,3-6,12H2,1-2H3,(H,21,23). The first-order valence-electron chi connectivity index (χ1n) is 8.62. The number of aryl methyl sites for hydroxylation is 2. The average Bonchev–Trinajstić information content (AvgIpc) is 3.26. The van der Waals surface area contributed by atoms with E-state index in [1.54, 1.807) is 18.3 Å². The summed E-state index contributed by atoms with van der Waals surface area (Å²) in [6.45, 7) is 3.44. The molecular weight excluding hydrogens is 318 g/mol. The predicted molar refractivity (Wildman–Crippen MR) is 94.6 cm³/mol. The number of nitrogens with zero attached hydrogens (tertiary/aromatic N) is 2. The number of nitrogens with one attached hydrogen (secondary N) is 1. The molecule has 25 heavy (non-hydrogen) atoms. The van der Waals surface area contributed by atoms with Gasteiger partial charge in [0.15, 0.2) is 6.61 Å². The van der Waals surface area contributed by atoms with Crippen molar-refractivity contribution in [3.63, 3.8) is 0 Å². The lowest BCUT2D eigenvalue weighted by molar-refractivity contribution is -0.119. The van der Waals surface area contributed by atoms with Crippen molar-refractivity contribution in [3.05, 3.63) is 47.2 Å². The molecule has 0 spiro atoms. The molecule has 1 aromatic heterocycles. The van der Waals surface area contributed by atoms with Crippen molar-refractivity contribution in [2.45, 2.75) is 45.6 Å². The lowest BCUT2D eigenvalue weighted by Gasteiger charge is -2.14. The molecule has 1 fully saturated rings. The highest BCUT2D eigenvalue weighted by Crippen LogP contribution is 2.31. The van der Waals surface area contributed by atoms with Crippen molar-refractivity contribution in [2.75, 3.05) is 11.9 Å². The monoisotopic (exact) mass is 341 g/mol. The van der Waals surface area contributed by atoms with E-state index in [0.29, 0.717) is 17.4 Å². The largest absolute Gasteiger partial charge is 0.452 e. The molecule has 2 aromatic rings. The van der Waals surface area contributed by atoms with E-state index >= 15 is 0 Å². The maximum absolute atomic E-state index is 12.2. The van der Waals surface area contributed by atoms with E-state index in [1.165, 1.54) is 12.8 Å². The second kappa shape index (κ2) is 7.51. The fourth-order valence-corrected chi connectivity index (χ4v) is 3.20. The predicted octanol–water partition coefficient (Wildman–Crippen LogP) is 3.41. The molecule has 132 valence electrons. The third kappa shape index (κ3) is 4.07. The second-order valence-electron chi connectivity index (χ2n) is 6.54. The van der Waals surface area contributed by atoms with E-state index in [2.05, 4.69) is 10.4 Å². The summed E-state index contributed by atoms with van der Waals surface area (Å²) in [7, 11) is 0. The van der Waals surface area contributed by atoms with Crippen LogP contribution in [0, 0.1) is 13.8 Å². The Morgan fingerprint density at radius 1 is 1.24 bits per heavy atom. The van der Waals surface area contributed by atoms with Gasteiger partial charge in [-0.1, -0.05) is 30.5 Å². The first-order chi connectivity index (χ1) is 12.0. The van der Waals surface area contributed by atoms with Gasteiger partial charge in [-0.2, -0.15) is 5.10 Å². The van der Waals surface area contributed by atoms with Crippen LogP contribution in [0.25, 0.3) is 0 Å². The van der Waals surface area contributed by atoms with Crippen LogP contribution < -0.4 is 5.32 Å². The van der Waals surface area contributed by atoms with Gasteiger partial charge in [0, 0.05) is 6.07 Å². The number of carbonyl (C=O) groups excluding carboxylic acids is 2. The first kappa shape index (κ1) is 17.2. The lowest BCUT2D eigenvalue weighted by Crippen LogP contribution is -2.23. The van der Waals surface area contributed by atoms with Crippen molar-refractivity contribution in [1.29, 1.82) is 0 Å². The van der Waals surface area contributed by atoms with Gasteiger partial charge in [-0.25, -0.2) is 9.48 Å². The summed E-state index contributed by atoms with van der Waals surface area (Å²) in [6.07, 6.45) is 6.20. The Morgan fingerprint density at radius 2 is 2.00 bits per heavy atom. The number of esters is 1. The van der Waals surface area contributed by atoms with Crippen LogP contribution in [-0.4, -0.2) is 28.3 Å². The van der Waals surface area contributed by atoms with Crippen LogP contribution in [0.15, 0.2) is 30.5 Å². The average molecular weight is 341 g/mol. The topological polar surface area (TPSA) is 73.2 Å². The van der Waals surface area contributed by atoms with E-state index in [-0.39, 0.29) is 12.5 Å². The van der Waals surface area contributed by atoms with Crippen molar-refractivity contribution < 1.29 is 14.3 Å². The van der Waals surface area contributed by atoms with Gasteiger partial charge in [0.25, 0.3) is 5.91 Å². The van der Waals surface area contributed by atoms with E-state index in [1.807, 2.05) is 30.7 Å². The van der Waals surface area contributed by atoms with Crippen LogP contribution in [0.3, 0.4) is 0 Å². The van der Waals surface area contributed by atoms with Gasteiger partial charge in [-0.15, -0.1) is 0 Å². The van der Waals surface area contributed by atoms with E-state index < -0.39 is 5.97 Å². The Hall–Kier alpha value is -2.63. The molecule has 1 N–H and O–H groups in total. The number of carbonyl (C=O) groups is 2. The summed E-state index contributed by atoms with van der Waals surface area (Å²) >= 11 is 0. The molecule has 1 saturated carbocycles. The first-order valence-corrected chi connectivity index (χ1v) is 8.62. The smallest absolute Gasteiger partial charge is 0.338 e. The van der Waals surface area contributed by atoms with Gasteiger partial charge in [0.05, 0.1) is 17.8 Å². The van der Waals surface area contributed by atoms with Crippen molar-refractivity contribution in [1.82, 2.24) is 9.78 Å². The number of amides is 1. The summed E-state index contributed by atoms with van der Waals surface area (Å²) < 4.78 is 7.02. The minimum Gasteiger partial charge on any atom is -0.452 e. The van der Waals surface area contributed by atoms with Gasteiger partial charge in [0.2, 0.25) is 0 Å². The zero-order valence-corrected chi connectivity index (χ0v) is 14.6. The molecule has 1 aliphatic rings. The summed E-state index contributed by atoms with van der Waals surface area (Å²) in [5.41, 5.74) is 2.29. The lowest BCUT2D eigenvalue weighted by atomic mass is 10.1. The molecule has 1 aromatic carbocycles. The van der Waals surface area contributed by atoms with Gasteiger partial charge in [-0.05, 0) is 38.3 Å². The Kier molecular flexibility index (Phi) is 5.16. The molecule has 6 heteroatoms. The van der Waals surface area contributed by atoms with Gasteiger partial charge in [-0.3, -0.25) is 4.79 Å². The minimum absolute atomic E-state index is 0.317. The molecule has 0 atom stereocenters. The molecule has 0 bridgehead atoms. The highest BCUT2D eigenvalue weighted by atomic mass is 16.5. The number of hydrogen-bond acceptors (Lipinski definition) is 4. The number of hydrogen-bond donors (Lipinski definition) is 1. The summed E-state index contributed by atoms with van der Waals surface area (Å²) in [5, 5.41) is 7.09. The normalized spacial score (nSPS) is 14.5. The molecule has 0 unspecified atom stereocenters. The molecule has 3 rings (SSSR count). The van der Waals surface area contributed by atoms with Crippen molar-refractivity contribution in [3.8, 4) is 0 Å². The van der Waals surface area contributed by atoms with Crippen LogP contribution in [0.1, 0.15) is 53.2 Å². The second-order valence-corrected chi connectivity index (χ2v) is 6.54. The van der Waals surface area contributed by atoms with Crippen LogP contribution in [0.5, 0.6) is 0 Å². The van der Waals surface area contributed by atoms with Crippen molar-refractivity contribution in [2.24, 2.45) is 0 Å². The molecule has 0 saturated heterocycles. The molecule has 0 radical (unpaired) electrons. The molecule has 1 heterocycles. The highest BCUT2D eigenvalue weighted by Gasteiger charge is 2.21. The third-order valence-electron chi connectivity index (χ3n) is 4.56. The number of anilines is 1.